The van der Waals surface area contributed by atoms with Crippen molar-refractivity contribution in [2.24, 2.45) is 0 Å². The quantitative estimate of drug-likeness (QED) is 0.399. The number of hydrogen-bond acceptors (Lipinski definition) is 5. The summed E-state index contributed by atoms with van der Waals surface area (Å²) in [7, 11) is 0. The van der Waals surface area contributed by atoms with Gasteiger partial charge in [0, 0.05) is 30.2 Å². The number of benzene rings is 2. The zero-order chi connectivity index (χ0) is 22.6. The molecule has 3 heterocycles. The van der Waals surface area contributed by atoms with Gasteiger partial charge in [0.25, 0.3) is 5.91 Å². The molecule has 5 nitrogen and oxygen atoms in total. The van der Waals surface area contributed by atoms with Crippen molar-refractivity contribution in [1.82, 2.24) is 9.88 Å². The Kier molecular flexibility index (Phi) is 6.32. The van der Waals surface area contributed by atoms with Crippen LogP contribution in [0.3, 0.4) is 0 Å². The van der Waals surface area contributed by atoms with E-state index in [1.807, 2.05) is 52.7 Å². The van der Waals surface area contributed by atoms with Crippen LogP contribution in [0.15, 0.2) is 78.2 Å². The molecule has 0 aliphatic carbocycles. The zero-order valence-electron chi connectivity index (χ0n) is 17.9. The van der Waals surface area contributed by atoms with Crippen molar-refractivity contribution >= 4 is 39.6 Å². The van der Waals surface area contributed by atoms with Crippen LogP contribution in [0.25, 0.3) is 0 Å². The molecule has 2 amide bonds. The molecule has 166 valence electrons. The van der Waals surface area contributed by atoms with Crippen LogP contribution in [-0.2, 0) is 17.8 Å². The molecule has 7 heteroatoms. The standard InChI is InChI=1S/C26H23N3O2S2/c30-24(16-20(18-8-3-1-4-9-18)19-10-5-2-6-11-19)29-14-13-21-23(17-29)33-26(27-21)28-25(31)22-12-7-15-32-22/h1-12,15,20H,13-14,16-17H2,(H,27,28,31). The Hall–Kier alpha value is -3.29. The van der Waals surface area contributed by atoms with Crippen LogP contribution in [0.4, 0.5) is 5.13 Å². The van der Waals surface area contributed by atoms with Gasteiger partial charge in [0.15, 0.2) is 5.13 Å². The Morgan fingerprint density at radius 1 is 0.970 bits per heavy atom. The van der Waals surface area contributed by atoms with Gasteiger partial charge in [-0.1, -0.05) is 78.1 Å². The summed E-state index contributed by atoms with van der Waals surface area (Å²) in [6.07, 6.45) is 1.12. The molecular weight excluding hydrogens is 450 g/mol. The molecule has 4 aromatic rings. The second-order valence-electron chi connectivity index (χ2n) is 7.96. The monoisotopic (exact) mass is 473 g/mol. The molecule has 1 N–H and O–H groups in total. The predicted octanol–water partition coefficient (Wildman–Crippen LogP) is 5.56. The highest BCUT2D eigenvalue weighted by Gasteiger charge is 2.27. The molecule has 0 spiro atoms. The molecule has 1 aliphatic heterocycles. The zero-order valence-corrected chi connectivity index (χ0v) is 19.6. The Labute approximate surface area is 200 Å². The van der Waals surface area contributed by atoms with Gasteiger partial charge in [-0.2, -0.15) is 0 Å². The third kappa shape index (κ3) is 4.89. The summed E-state index contributed by atoms with van der Waals surface area (Å²) >= 11 is 2.86. The van der Waals surface area contributed by atoms with E-state index in [1.165, 1.54) is 22.7 Å². The van der Waals surface area contributed by atoms with Crippen LogP contribution in [0, 0.1) is 0 Å². The number of nitrogens with one attached hydrogen (secondary N) is 1. The first-order chi connectivity index (χ1) is 16.2. The summed E-state index contributed by atoms with van der Waals surface area (Å²) in [5.74, 6) is 0.0110. The summed E-state index contributed by atoms with van der Waals surface area (Å²) in [5, 5.41) is 5.37. The molecule has 2 aromatic carbocycles. The van der Waals surface area contributed by atoms with Crippen LogP contribution < -0.4 is 5.32 Å². The number of nitrogens with zero attached hydrogens (tertiary/aromatic N) is 2. The highest BCUT2D eigenvalue weighted by Crippen LogP contribution is 2.32. The number of carbonyl (C=O) groups excluding carboxylic acids is 2. The van der Waals surface area contributed by atoms with E-state index in [0.717, 1.165) is 21.7 Å². The molecule has 0 radical (unpaired) electrons. The third-order valence-electron chi connectivity index (χ3n) is 5.83. The number of carbonyl (C=O) groups is 2. The van der Waals surface area contributed by atoms with Crippen LogP contribution in [0.2, 0.25) is 0 Å². The van der Waals surface area contributed by atoms with Crippen molar-refractivity contribution in [2.75, 3.05) is 11.9 Å². The smallest absolute Gasteiger partial charge is 0.267 e. The first-order valence-corrected chi connectivity index (χ1v) is 12.6. The molecule has 0 saturated heterocycles. The Balaban J connectivity index is 1.29. The molecule has 0 unspecified atom stereocenters. The van der Waals surface area contributed by atoms with Gasteiger partial charge in [0.2, 0.25) is 5.91 Å². The van der Waals surface area contributed by atoms with Crippen LogP contribution in [0.5, 0.6) is 0 Å². The lowest BCUT2D eigenvalue weighted by Gasteiger charge is -2.28. The first kappa shape index (κ1) is 21.6. The van der Waals surface area contributed by atoms with Crippen LogP contribution in [0.1, 0.15) is 43.7 Å². The maximum atomic E-state index is 13.3. The van der Waals surface area contributed by atoms with Gasteiger partial charge >= 0.3 is 0 Å². The molecule has 0 atom stereocenters. The normalized spacial score (nSPS) is 13.1. The van der Waals surface area contributed by atoms with Gasteiger partial charge in [-0.3, -0.25) is 14.9 Å². The van der Waals surface area contributed by atoms with E-state index in [1.54, 1.807) is 6.07 Å². The number of aromatic nitrogens is 1. The molecule has 1 aliphatic rings. The third-order valence-corrected chi connectivity index (χ3v) is 7.70. The number of hydrogen-bond donors (Lipinski definition) is 1. The predicted molar refractivity (Wildman–Crippen MR) is 133 cm³/mol. The Bertz CT molecular complexity index is 1200. The molecule has 33 heavy (non-hydrogen) atoms. The van der Waals surface area contributed by atoms with Crippen molar-refractivity contribution < 1.29 is 9.59 Å². The minimum atomic E-state index is -0.141. The van der Waals surface area contributed by atoms with Crippen molar-refractivity contribution in [3.63, 3.8) is 0 Å². The number of fused-ring (bicyclic) bond motifs is 1. The van der Waals surface area contributed by atoms with Crippen molar-refractivity contribution in [3.05, 3.63) is 105 Å². The van der Waals surface area contributed by atoms with E-state index in [-0.39, 0.29) is 17.7 Å². The number of anilines is 1. The fourth-order valence-electron chi connectivity index (χ4n) is 4.13. The van der Waals surface area contributed by atoms with Gasteiger partial charge in [-0.05, 0) is 22.6 Å². The fraction of sp³-hybridized carbons (Fsp3) is 0.192. The second kappa shape index (κ2) is 9.68. The minimum absolute atomic E-state index is 0.0170. The molecule has 0 saturated carbocycles. The molecule has 0 fully saturated rings. The van der Waals surface area contributed by atoms with Crippen LogP contribution >= 0.6 is 22.7 Å². The lowest BCUT2D eigenvalue weighted by Crippen LogP contribution is -2.36. The summed E-state index contributed by atoms with van der Waals surface area (Å²) in [4.78, 5) is 33.9. The minimum Gasteiger partial charge on any atom is -0.337 e. The highest BCUT2D eigenvalue weighted by molar-refractivity contribution is 7.16. The van der Waals surface area contributed by atoms with Gasteiger partial charge in [0.1, 0.15) is 0 Å². The van der Waals surface area contributed by atoms with Gasteiger partial charge < -0.3 is 4.90 Å². The maximum Gasteiger partial charge on any atom is 0.267 e. The van der Waals surface area contributed by atoms with Gasteiger partial charge in [0.05, 0.1) is 17.1 Å². The average molecular weight is 474 g/mol. The lowest BCUT2D eigenvalue weighted by molar-refractivity contribution is -0.132. The number of amides is 2. The number of rotatable bonds is 6. The summed E-state index contributed by atoms with van der Waals surface area (Å²) < 4.78 is 0. The Morgan fingerprint density at radius 2 is 1.67 bits per heavy atom. The molecule has 2 aromatic heterocycles. The SMILES string of the molecule is O=C(Nc1nc2c(s1)CN(C(=O)CC(c1ccccc1)c1ccccc1)CC2)c1cccs1. The molecule has 0 bridgehead atoms. The Morgan fingerprint density at radius 3 is 2.30 bits per heavy atom. The van der Waals surface area contributed by atoms with Crippen LogP contribution in [-0.4, -0.2) is 28.2 Å². The highest BCUT2D eigenvalue weighted by atomic mass is 32.1. The first-order valence-electron chi connectivity index (χ1n) is 10.9. The van der Waals surface area contributed by atoms with Crippen molar-refractivity contribution in [3.8, 4) is 0 Å². The van der Waals surface area contributed by atoms with E-state index < -0.39 is 0 Å². The maximum absolute atomic E-state index is 13.3. The van der Waals surface area contributed by atoms with E-state index >= 15 is 0 Å². The van der Waals surface area contributed by atoms with E-state index in [4.69, 9.17) is 0 Å². The lowest BCUT2D eigenvalue weighted by atomic mass is 9.88. The van der Waals surface area contributed by atoms with Gasteiger partial charge in [-0.25, -0.2) is 4.98 Å². The van der Waals surface area contributed by atoms with E-state index in [2.05, 4.69) is 34.6 Å². The van der Waals surface area contributed by atoms with Crippen molar-refractivity contribution in [1.29, 1.82) is 0 Å². The summed E-state index contributed by atoms with van der Waals surface area (Å²) in [5.41, 5.74) is 3.27. The number of thiophene rings is 1. The molecular formula is C26H23N3O2S2. The average Bonchev–Trinajstić information content (AvgIpc) is 3.53. The topological polar surface area (TPSA) is 62.3 Å². The summed E-state index contributed by atoms with van der Waals surface area (Å²) in [6, 6.07) is 24.1. The fourth-order valence-corrected chi connectivity index (χ4v) is 5.77. The molecule has 5 rings (SSSR count). The second-order valence-corrected chi connectivity index (χ2v) is 10.00. The largest absolute Gasteiger partial charge is 0.337 e. The van der Waals surface area contributed by atoms with E-state index in [9.17, 15) is 9.59 Å². The summed E-state index contributed by atoms with van der Waals surface area (Å²) in [6.45, 7) is 1.18. The van der Waals surface area contributed by atoms with E-state index in [0.29, 0.717) is 35.9 Å². The van der Waals surface area contributed by atoms with Crippen molar-refractivity contribution in [2.45, 2.75) is 25.3 Å². The van der Waals surface area contributed by atoms with Gasteiger partial charge in [-0.15, -0.1) is 11.3 Å². The number of thiazole rings is 1.